The van der Waals surface area contributed by atoms with Gasteiger partial charge in [0.15, 0.2) is 0 Å². The smallest absolute Gasteiger partial charge is 0.134 e. The number of hydrogen-bond acceptors (Lipinski definition) is 3. The van der Waals surface area contributed by atoms with Crippen molar-refractivity contribution in [3.63, 3.8) is 0 Å². The Morgan fingerprint density at radius 1 is 1.25 bits per heavy atom. The second-order valence-corrected chi connectivity index (χ2v) is 6.18. The van der Waals surface area contributed by atoms with Crippen molar-refractivity contribution in [3.8, 4) is 0 Å². The molecule has 1 unspecified atom stereocenters. The van der Waals surface area contributed by atoms with Crippen molar-refractivity contribution in [2.75, 3.05) is 6.54 Å². The minimum Gasteiger partial charge on any atom is -0.459 e. The summed E-state index contributed by atoms with van der Waals surface area (Å²) in [6.45, 7) is 5.31. The van der Waals surface area contributed by atoms with Crippen molar-refractivity contribution in [2.45, 2.75) is 26.3 Å². The lowest BCUT2D eigenvalue weighted by molar-refractivity contribution is 0.470. The molecule has 2 heterocycles. The van der Waals surface area contributed by atoms with Gasteiger partial charge >= 0.3 is 0 Å². The number of para-hydroxylation sites is 1. The zero-order chi connectivity index (χ0) is 13.9. The number of rotatable bonds is 5. The Balaban J connectivity index is 1.99. The molecule has 0 spiro atoms. The van der Waals surface area contributed by atoms with E-state index in [1.807, 2.05) is 18.2 Å². The molecule has 0 fully saturated rings. The van der Waals surface area contributed by atoms with Crippen LogP contribution in [0, 0.1) is 6.92 Å². The number of nitrogens with one attached hydrogen (secondary N) is 1. The molecule has 3 rings (SSSR count). The highest BCUT2D eigenvalue weighted by atomic mass is 32.1. The van der Waals surface area contributed by atoms with Crippen LogP contribution in [0.5, 0.6) is 0 Å². The molecule has 0 aliphatic carbocycles. The number of hydrogen-bond donors (Lipinski definition) is 1. The second-order valence-electron chi connectivity index (χ2n) is 5.06. The van der Waals surface area contributed by atoms with Gasteiger partial charge in [-0.15, -0.1) is 11.3 Å². The number of fused-ring (bicyclic) bond motifs is 1. The van der Waals surface area contributed by atoms with Crippen LogP contribution in [0.3, 0.4) is 0 Å². The maximum atomic E-state index is 6.03. The Morgan fingerprint density at radius 2 is 2.10 bits per heavy atom. The Labute approximate surface area is 123 Å². The molecule has 2 aromatic heterocycles. The third-order valence-electron chi connectivity index (χ3n) is 3.41. The Kier molecular flexibility index (Phi) is 3.90. The molecule has 20 heavy (non-hydrogen) atoms. The maximum Gasteiger partial charge on any atom is 0.134 e. The molecule has 1 aromatic carbocycles. The number of aryl methyl sites for hydroxylation is 1. The highest BCUT2D eigenvalue weighted by Crippen LogP contribution is 2.30. The molecule has 0 saturated heterocycles. The fourth-order valence-corrected chi connectivity index (χ4v) is 3.16. The standard InChI is InChI=1S/C17H19NOS/c1-3-8-18-17(14-9-12(2)20-11-14)16-10-13-6-4-5-7-15(13)19-16/h4-7,9-11,17-18H,3,8H2,1-2H3. The summed E-state index contributed by atoms with van der Waals surface area (Å²) >= 11 is 1.79. The van der Waals surface area contributed by atoms with Gasteiger partial charge in [-0.1, -0.05) is 25.1 Å². The van der Waals surface area contributed by atoms with E-state index in [4.69, 9.17) is 4.42 Å². The molecule has 1 N–H and O–H groups in total. The van der Waals surface area contributed by atoms with E-state index in [2.05, 4.69) is 42.7 Å². The van der Waals surface area contributed by atoms with E-state index >= 15 is 0 Å². The first kappa shape index (κ1) is 13.4. The predicted molar refractivity (Wildman–Crippen MR) is 85.4 cm³/mol. The van der Waals surface area contributed by atoms with Gasteiger partial charge in [0.1, 0.15) is 11.3 Å². The van der Waals surface area contributed by atoms with Gasteiger partial charge in [-0.3, -0.25) is 0 Å². The van der Waals surface area contributed by atoms with Crippen LogP contribution in [0.25, 0.3) is 11.0 Å². The monoisotopic (exact) mass is 285 g/mol. The summed E-state index contributed by atoms with van der Waals surface area (Å²) in [6, 6.07) is 12.7. The lowest BCUT2D eigenvalue weighted by Crippen LogP contribution is -2.22. The first-order valence-electron chi connectivity index (χ1n) is 7.05. The molecule has 3 aromatic rings. The number of thiophene rings is 1. The average Bonchev–Trinajstić information content (AvgIpc) is 3.05. The van der Waals surface area contributed by atoms with Crippen LogP contribution in [0.4, 0.5) is 0 Å². The molecule has 1 atom stereocenters. The van der Waals surface area contributed by atoms with Crippen molar-refractivity contribution in [3.05, 3.63) is 58.0 Å². The molecular weight excluding hydrogens is 266 g/mol. The van der Waals surface area contributed by atoms with Crippen LogP contribution in [-0.2, 0) is 0 Å². The van der Waals surface area contributed by atoms with Gasteiger partial charge in [0, 0.05) is 10.3 Å². The van der Waals surface area contributed by atoms with E-state index in [9.17, 15) is 0 Å². The largest absolute Gasteiger partial charge is 0.459 e. The predicted octanol–water partition coefficient (Wildman–Crippen LogP) is 4.89. The summed E-state index contributed by atoms with van der Waals surface area (Å²) in [7, 11) is 0. The highest BCUT2D eigenvalue weighted by Gasteiger charge is 2.18. The maximum absolute atomic E-state index is 6.03. The zero-order valence-electron chi connectivity index (χ0n) is 11.8. The fraction of sp³-hybridized carbons (Fsp3) is 0.294. The second kappa shape index (κ2) is 5.81. The first-order chi connectivity index (χ1) is 9.78. The van der Waals surface area contributed by atoms with Crippen molar-refractivity contribution in [2.24, 2.45) is 0 Å². The van der Waals surface area contributed by atoms with Crippen LogP contribution in [0.1, 0.15) is 35.6 Å². The number of furan rings is 1. The lowest BCUT2D eigenvalue weighted by atomic mass is 10.1. The van der Waals surface area contributed by atoms with Gasteiger partial charge in [-0.05, 0) is 49.0 Å². The van der Waals surface area contributed by atoms with E-state index in [1.165, 1.54) is 10.4 Å². The quantitative estimate of drug-likeness (QED) is 0.722. The third kappa shape index (κ3) is 2.65. The van der Waals surface area contributed by atoms with E-state index in [0.717, 1.165) is 29.7 Å². The van der Waals surface area contributed by atoms with Crippen molar-refractivity contribution in [1.82, 2.24) is 5.32 Å². The molecular formula is C17H19NOS. The summed E-state index contributed by atoms with van der Waals surface area (Å²) in [4.78, 5) is 1.33. The summed E-state index contributed by atoms with van der Waals surface area (Å²) < 4.78 is 6.03. The van der Waals surface area contributed by atoms with Crippen molar-refractivity contribution in [1.29, 1.82) is 0 Å². The average molecular weight is 285 g/mol. The summed E-state index contributed by atoms with van der Waals surface area (Å²) in [5.41, 5.74) is 2.25. The Hall–Kier alpha value is -1.58. The molecule has 2 nitrogen and oxygen atoms in total. The van der Waals surface area contributed by atoms with Crippen molar-refractivity contribution >= 4 is 22.3 Å². The minimum atomic E-state index is 0.146. The molecule has 0 saturated carbocycles. The Bertz CT molecular complexity index is 665. The molecule has 0 aliphatic rings. The normalized spacial score (nSPS) is 12.9. The summed E-state index contributed by atoms with van der Waals surface area (Å²) in [5.74, 6) is 0.998. The van der Waals surface area contributed by atoms with Crippen LogP contribution < -0.4 is 5.32 Å². The van der Waals surface area contributed by atoms with Gasteiger partial charge in [-0.2, -0.15) is 0 Å². The van der Waals surface area contributed by atoms with E-state index < -0.39 is 0 Å². The molecule has 3 heteroatoms. The molecule has 0 aliphatic heterocycles. The van der Waals surface area contributed by atoms with Gasteiger partial charge in [0.05, 0.1) is 6.04 Å². The molecule has 0 bridgehead atoms. The summed E-state index contributed by atoms with van der Waals surface area (Å²) in [6.07, 6.45) is 1.11. The minimum absolute atomic E-state index is 0.146. The van der Waals surface area contributed by atoms with Crippen LogP contribution in [0.15, 0.2) is 46.2 Å². The fourth-order valence-electron chi connectivity index (χ4n) is 2.43. The zero-order valence-corrected chi connectivity index (χ0v) is 12.7. The topological polar surface area (TPSA) is 25.2 Å². The molecule has 104 valence electrons. The van der Waals surface area contributed by atoms with Crippen LogP contribution >= 0.6 is 11.3 Å². The van der Waals surface area contributed by atoms with E-state index in [0.29, 0.717) is 0 Å². The van der Waals surface area contributed by atoms with Gasteiger partial charge in [-0.25, -0.2) is 0 Å². The van der Waals surface area contributed by atoms with Gasteiger partial charge in [0.2, 0.25) is 0 Å². The van der Waals surface area contributed by atoms with E-state index in [-0.39, 0.29) is 6.04 Å². The third-order valence-corrected chi connectivity index (χ3v) is 4.29. The molecule has 0 amide bonds. The van der Waals surface area contributed by atoms with Crippen LogP contribution in [0.2, 0.25) is 0 Å². The van der Waals surface area contributed by atoms with E-state index in [1.54, 1.807) is 11.3 Å². The highest BCUT2D eigenvalue weighted by molar-refractivity contribution is 7.10. The number of benzene rings is 1. The van der Waals surface area contributed by atoms with Crippen molar-refractivity contribution < 1.29 is 4.42 Å². The van der Waals surface area contributed by atoms with Gasteiger partial charge in [0.25, 0.3) is 0 Å². The molecule has 0 radical (unpaired) electrons. The lowest BCUT2D eigenvalue weighted by Gasteiger charge is -2.14. The Morgan fingerprint density at radius 3 is 2.80 bits per heavy atom. The SMILES string of the molecule is CCCNC(c1csc(C)c1)c1cc2ccccc2o1. The van der Waals surface area contributed by atoms with Crippen LogP contribution in [-0.4, -0.2) is 6.54 Å². The first-order valence-corrected chi connectivity index (χ1v) is 7.93. The van der Waals surface area contributed by atoms with Gasteiger partial charge < -0.3 is 9.73 Å². The summed E-state index contributed by atoms with van der Waals surface area (Å²) in [5, 5.41) is 6.97.